The summed E-state index contributed by atoms with van der Waals surface area (Å²) >= 11 is 0. The maximum Gasteiger partial charge on any atom is 0.317 e. The Kier molecular flexibility index (Phi) is 3.59. The summed E-state index contributed by atoms with van der Waals surface area (Å²) in [7, 11) is 1.78. The number of carboxylic acids is 1. The number of aliphatic carboxylic acids is 1. The first-order valence-corrected chi connectivity index (χ1v) is 4.43. The lowest BCUT2D eigenvalue weighted by molar-refractivity contribution is -0.138. The summed E-state index contributed by atoms with van der Waals surface area (Å²) in [6, 6.07) is 3.86. The largest absolute Gasteiger partial charge is 0.480 e. The van der Waals surface area contributed by atoms with Crippen molar-refractivity contribution in [1.82, 2.24) is 9.88 Å². The molecule has 1 unspecified atom stereocenters. The van der Waals surface area contributed by atoms with Gasteiger partial charge in [-0.15, -0.1) is 0 Å². The first-order valence-electron chi connectivity index (χ1n) is 4.43. The monoisotopic (exact) mass is 194 g/mol. The summed E-state index contributed by atoms with van der Waals surface area (Å²) in [5, 5.41) is 8.62. The Hall–Kier alpha value is -1.42. The molecule has 0 amide bonds. The molecule has 0 aliphatic carbocycles. The van der Waals surface area contributed by atoms with Gasteiger partial charge in [-0.25, -0.2) is 0 Å². The van der Waals surface area contributed by atoms with Crippen molar-refractivity contribution < 1.29 is 9.90 Å². The van der Waals surface area contributed by atoms with E-state index in [2.05, 4.69) is 4.98 Å². The molecule has 1 aromatic rings. The highest BCUT2D eigenvalue weighted by atomic mass is 16.4. The number of likely N-dealkylation sites (N-methyl/N-ethyl adjacent to an activating group) is 1. The molecule has 1 rings (SSSR count). The number of hydrogen-bond acceptors (Lipinski definition) is 3. The minimum atomic E-state index is -0.816. The van der Waals surface area contributed by atoms with Gasteiger partial charge in [0.2, 0.25) is 0 Å². The number of nitrogens with zero attached hydrogens (tertiary/aromatic N) is 2. The van der Waals surface area contributed by atoms with Crippen LogP contribution in [0.4, 0.5) is 0 Å². The fraction of sp³-hybridized carbons (Fsp3) is 0.400. The fourth-order valence-corrected chi connectivity index (χ4v) is 1.23. The van der Waals surface area contributed by atoms with Crippen molar-refractivity contribution in [3.63, 3.8) is 0 Å². The van der Waals surface area contributed by atoms with Gasteiger partial charge in [0.25, 0.3) is 0 Å². The third kappa shape index (κ3) is 2.81. The number of carboxylic acid groups (broad SMARTS) is 1. The second-order valence-corrected chi connectivity index (χ2v) is 3.27. The van der Waals surface area contributed by atoms with Crippen LogP contribution in [0.5, 0.6) is 0 Å². The van der Waals surface area contributed by atoms with Gasteiger partial charge in [0.1, 0.15) is 0 Å². The zero-order chi connectivity index (χ0) is 10.6. The van der Waals surface area contributed by atoms with E-state index < -0.39 is 5.97 Å². The predicted octanol–water partition coefficient (Wildman–Crippen LogP) is 1.16. The van der Waals surface area contributed by atoms with Gasteiger partial charge in [-0.1, -0.05) is 6.07 Å². The number of carbonyl (C=O) groups is 1. The molecule has 0 saturated heterocycles. The molecule has 4 heteroatoms. The molecule has 1 atom stereocenters. The van der Waals surface area contributed by atoms with Crippen molar-refractivity contribution in [1.29, 1.82) is 0 Å². The summed E-state index contributed by atoms with van der Waals surface area (Å²) in [6.45, 7) is 2.00. The van der Waals surface area contributed by atoms with Gasteiger partial charge in [0.15, 0.2) is 0 Å². The van der Waals surface area contributed by atoms with Crippen LogP contribution in [0.1, 0.15) is 18.5 Å². The SMILES string of the molecule is CC(c1cccnc1)N(C)CC(=O)O. The van der Waals surface area contributed by atoms with Crippen LogP contribution in [0.2, 0.25) is 0 Å². The first kappa shape index (κ1) is 10.7. The first-order chi connectivity index (χ1) is 6.61. The van der Waals surface area contributed by atoms with Gasteiger partial charge in [0.05, 0.1) is 6.54 Å². The third-order valence-electron chi connectivity index (χ3n) is 2.21. The van der Waals surface area contributed by atoms with Crippen molar-refractivity contribution in [2.24, 2.45) is 0 Å². The number of hydrogen-bond donors (Lipinski definition) is 1. The molecule has 0 aliphatic rings. The molecule has 76 valence electrons. The second kappa shape index (κ2) is 4.72. The Balaban J connectivity index is 2.65. The lowest BCUT2D eigenvalue weighted by Gasteiger charge is -2.22. The van der Waals surface area contributed by atoms with E-state index in [4.69, 9.17) is 5.11 Å². The molecule has 0 fully saturated rings. The second-order valence-electron chi connectivity index (χ2n) is 3.27. The quantitative estimate of drug-likeness (QED) is 0.781. The molecule has 0 aliphatic heterocycles. The van der Waals surface area contributed by atoms with Crippen molar-refractivity contribution >= 4 is 5.97 Å². The Morgan fingerprint density at radius 1 is 1.71 bits per heavy atom. The Labute approximate surface area is 83.2 Å². The fourth-order valence-electron chi connectivity index (χ4n) is 1.23. The molecular weight excluding hydrogens is 180 g/mol. The van der Waals surface area contributed by atoms with Crippen LogP contribution in [0.25, 0.3) is 0 Å². The lowest BCUT2D eigenvalue weighted by atomic mass is 10.1. The minimum absolute atomic E-state index is 0.0378. The van der Waals surface area contributed by atoms with Gasteiger partial charge in [-0.05, 0) is 25.6 Å². The maximum absolute atomic E-state index is 10.5. The van der Waals surface area contributed by atoms with Crippen LogP contribution in [0.15, 0.2) is 24.5 Å². The number of rotatable bonds is 4. The molecule has 4 nitrogen and oxygen atoms in total. The Morgan fingerprint density at radius 3 is 2.93 bits per heavy atom. The predicted molar refractivity (Wildman–Crippen MR) is 52.9 cm³/mol. The smallest absolute Gasteiger partial charge is 0.317 e. The van der Waals surface area contributed by atoms with Gasteiger partial charge in [0, 0.05) is 18.4 Å². The Morgan fingerprint density at radius 2 is 2.43 bits per heavy atom. The van der Waals surface area contributed by atoms with Crippen LogP contribution in [0.3, 0.4) is 0 Å². The molecular formula is C10H14N2O2. The summed E-state index contributed by atoms with van der Waals surface area (Å²) < 4.78 is 0. The number of pyridine rings is 1. The van der Waals surface area contributed by atoms with Crippen LogP contribution in [-0.4, -0.2) is 34.6 Å². The van der Waals surface area contributed by atoms with Crippen molar-refractivity contribution in [2.75, 3.05) is 13.6 Å². The molecule has 0 radical (unpaired) electrons. The van der Waals surface area contributed by atoms with Gasteiger partial charge < -0.3 is 5.11 Å². The van der Waals surface area contributed by atoms with E-state index in [9.17, 15) is 4.79 Å². The van der Waals surface area contributed by atoms with E-state index in [0.717, 1.165) is 5.56 Å². The highest BCUT2D eigenvalue weighted by Crippen LogP contribution is 2.16. The van der Waals surface area contributed by atoms with Crippen molar-refractivity contribution in [2.45, 2.75) is 13.0 Å². The summed E-state index contributed by atoms with van der Waals surface area (Å²) in [6.07, 6.45) is 3.45. The van der Waals surface area contributed by atoms with Crippen LogP contribution in [0, 0.1) is 0 Å². The van der Waals surface area contributed by atoms with E-state index in [-0.39, 0.29) is 12.6 Å². The summed E-state index contributed by atoms with van der Waals surface area (Å²) in [4.78, 5) is 16.2. The molecule has 1 heterocycles. The molecule has 0 spiro atoms. The Bertz CT molecular complexity index is 300. The maximum atomic E-state index is 10.5. The highest BCUT2D eigenvalue weighted by Gasteiger charge is 2.13. The zero-order valence-corrected chi connectivity index (χ0v) is 8.34. The van der Waals surface area contributed by atoms with E-state index >= 15 is 0 Å². The third-order valence-corrected chi connectivity index (χ3v) is 2.21. The average molecular weight is 194 g/mol. The summed E-state index contributed by atoms with van der Waals surface area (Å²) in [5.41, 5.74) is 1.02. The van der Waals surface area contributed by atoms with Crippen LogP contribution in [-0.2, 0) is 4.79 Å². The zero-order valence-electron chi connectivity index (χ0n) is 8.34. The molecule has 1 N–H and O–H groups in total. The molecule has 0 aromatic carbocycles. The van der Waals surface area contributed by atoms with E-state index in [1.165, 1.54) is 0 Å². The average Bonchev–Trinajstić information content (AvgIpc) is 2.17. The standard InChI is InChI=1S/C10H14N2O2/c1-8(12(2)7-10(13)14)9-4-3-5-11-6-9/h3-6,8H,7H2,1-2H3,(H,13,14). The number of aromatic nitrogens is 1. The molecule has 0 saturated carbocycles. The molecule has 14 heavy (non-hydrogen) atoms. The van der Waals surface area contributed by atoms with E-state index in [0.29, 0.717) is 0 Å². The van der Waals surface area contributed by atoms with Gasteiger partial charge in [-0.2, -0.15) is 0 Å². The molecule has 1 aromatic heterocycles. The van der Waals surface area contributed by atoms with E-state index in [1.807, 2.05) is 19.1 Å². The van der Waals surface area contributed by atoms with Crippen LogP contribution < -0.4 is 0 Å². The van der Waals surface area contributed by atoms with Crippen LogP contribution >= 0.6 is 0 Å². The lowest BCUT2D eigenvalue weighted by Crippen LogP contribution is -2.28. The van der Waals surface area contributed by atoms with Gasteiger partial charge >= 0.3 is 5.97 Å². The highest BCUT2D eigenvalue weighted by molar-refractivity contribution is 5.69. The topological polar surface area (TPSA) is 53.4 Å². The van der Waals surface area contributed by atoms with Crippen molar-refractivity contribution in [3.8, 4) is 0 Å². The molecule has 0 bridgehead atoms. The van der Waals surface area contributed by atoms with Gasteiger partial charge in [-0.3, -0.25) is 14.7 Å². The normalized spacial score (nSPS) is 12.8. The summed E-state index contributed by atoms with van der Waals surface area (Å²) in [5.74, 6) is -0.816. The van der Waals surface area contributed by atoms with E-state index in [1.54, 1.807) is 24.3 Å². The van der Waals surface area contributed by atoms with Crippen molar-refractivity contribution in [3.05, 3.63) is 30.1 Å². The minimum Gasteiger partial charge on any atom is -0.480 e.